The van der Waals surface area contributed by atoms with Crippen molar-refractivity contribution in [3.63, 3.8) is 0 Å². The molecule has 2 rings (SSSR count). The highest BCUT2D eigenvalue weighted by molar-refractivity contribution is 5.87. The quantitative estimate of drug-likeness (QED) is 0.875. The van der Waals surface area contributed by atoms with Crippen LogP contribution in [0.5, 0.6) is 0 Å². The van der Waals surface area contributed by atoms with Gasteiger partial charge in [-0.1, -0.05) is 30.3 Å². The summed E-state index contributed by atoms with van der Waals surface area (Å²) in [4.78, 5) is 14.6. The molecule has 0 radical (unpaired) electrons. The van der Waals surface area contributed by atoms with Crippen LogP contribution < -0.4 is 5.73 Å². The van der Waals surface area contributed by atoms with Gasteiger partial charge in [0, 0.05) is 19.7 Å². The Balaban J connectivity index is 2.10. The summed E-state index contributed by atoms with van der Waals surface area (Å²) in [7, 11) is 0. The summed E-state index contributed by atoms with van der Waals surface area (Å²) in [5, 5.41) is 9.05. The number of likely N-dealkylation sites (tertiary alicyclic amines) is 1. The average Bonchev–Trinajstić information content (AvgIpc) is 2.48. The predicted octanol–water partition coefficient (Wildman–Crippen LogP) is 1.48. The van der Waals surface area contributed by atoms with E-state index >= 15 is 0 Å². The van der Waals surface area contributed by atoms with Crippen LogP contribution in [0, 0.1) is 5.92 Å². The Hall–Kier alpha value is -1.39. The molecule has 20 heavy (non-hydrogen) atoms. The van der Waals surface area contributed by atoms with E-state index in [0.29, 0.717) is 12.5 Å². The maximum absolute atomic E-state index is 12.7. The van der Waals surface area contributed by atoms with Gasteiger partial charge in [0.05, 0.1) is 0 Å². The van der Waals surface area contributed by atoms with Gasteiger partial charge in [-0.3, -0.25) is 4.79 Å². The lowest BCUT2D eigenvalue weighted by atomic mass is 9.89. The van der Waals surface area contributed by atoms with E-state index in [9.17, 15) is 4.79 Å². The fourth-order valence-electron chi connectivity index (χ4n) is 2.90. The van der Waals surface area contributed by atoms with Crippen LogP contribution in [0.25, 0.3) is 0 Å². The molecule has 2 atom stereocenters. The lowest BCUT2D eigenvalue weighted by Crippen LogP contribution is -2.53. The number of aliphatic hydroxyl groups excluding tert-OH is 1. The average molecular weight is 276 g/mol. The van der Waals surface area contributed by atoms with Gasteiger partial charge in [0.15, 0.2) is 0 Å². The van der Waals surface area contributed by atoms with E-state index < -0.39 is 5.54 Å². The van der Waals surface area contributed by atoms with Crippen molar-refractivity contribution in [2.45, 2.75) is 31.7 Å². The van der Waals surface area contributed by atoms with E-state index in [2.05, 4.69) is 0 Å². The second-order valence-corrected chi connectivity index (χ2v) is 5.84. The molecule has 1 aliphatic rings. The third-order valence-corrected chi connectivity index (χ3v) is 4.16. The second kappa shape index (κ2) is 6.37. The SMILES string of the molecule is CC(N)(C(=O)N1CCCC(CCO)C1)c1ccccc1. The fourth-order valence-corrected chi connectivity index (χ4v) is 2.90. The summed E-state index contributed by atoms with van der Waals surface area (Å²) in [6.45, 7) is 3.44. The Morgan fingerprint density at radius 2 is 2.15 bits per heavy atom. The Labute approximate surface area is 120 Å². The van der Waals surface area contributed by atoms with Crippen LogP contribution in [-0.4, -0.2) is 35.6 Å². The topological polar surface area (TPSA) is 66.6 Å². The molecule has 3 N–H and O–H groups in total. The minimum atomic E-state index is -0.984. The molecule has 1 aliphatic heterocycles. The summed E-state index contributed by atoms with van der Waals surface area (Å²) in [6.07, 6.45) is 2.83. The molecule has 1 heterocycles. The molecule has 0 saturated carbocycles. The first-order valence-electron chi connectivity index (χ1n) is 7.30. The summed E-state index contributed by atoms with van der Waals surface area (Å²) in [5.41, 5.74) is 6.15. The summed E-state index contributed by atoms with van der Waals surface area (Å²) >= 11 is 0. The van der Waals surface area contributed by atoms with Crippen molar-refractivity contribution in [3.8, 4) is 0 Å². The lowest BCUT2D eigenvalue weighted by Gasteiger charge is -2.37. The van der Waals surface area contributed by atoms with E-state index in [1.807, 2.05) is 35.2 Å². The smallest absolute Gasteiger partial charge is 0.246 e. The predicted molar refractivity (Wildman–Crippen MR) is 79.0 cm³/mol. The zero-order valence-corrected chi connectivity index (χ0v) is 12.1. The van der Waals surface area contributed by atoms with Crippen molar-refractivity contribution < 1.29 is 9.90 Å². The van der Waals surface area contributed by atoms with Crippen LogP contribution >= 0.6 is 0 Å². The highest BCUT2D eigenvalue weighted by atomic mass is 16.3. The molecular weight excluding hydrogens is 252 g/mol. The number of carbonyl (C=O) groups is 1. The van der Waals surface area contributed by atoms with Gasteiger partial charge in [-0.05, 0) is 37.7 Å². The Bertz CT molecular complexity index is 443. The van der Waals surface area contributed by atoms with Gasteiger partial charge in [0.2, 0.25) is 5.91 Å². The molecule has 0 bridgehead atoms. The molecule has 0 aromatic heterocycles. The maximum atomic E-state index is 12.7. The second-order valence-electron chi connectivity index (χ2n) is 5.84. The summed E-state index contributed by atoms with van der Waals surface area (Å²) < 4.78 is 0. The number of piperidine rings is 1. The van der Waals surface area contributed by atoms with Gasteiger partial charge >= 0.3 is 0 Å². The van der Waals surface area contributed by atoms with Gasteiger partial charge in [0.25, 0.3) is 0 Å². The molecule has 0 spiro atoms. The Kier molecular flexibility index (Phi) is 4.78. The van der Waals surface area contributed by atoms with E-state index in [1.54, 1.807) is 6.92 Å². The molecular formula is C16H24N2O2. The first-order valence-corrected chi connectivity index (χ1v) is 7.30. The highest BCUT2D eigenvalue weighted by Crippen LogP contribution is 2.25. The first-order chi connectivity index (χ1) is 9.55. The van der Waals surface area contributed by atoms with E-state index in [1.165, 1.54) is 0 Å². The van der Waals surface area contributed by atoms with Crippen molar-refractivity contribution in [1.82, 2.24) is 4.90 Å². The van der Waals surface area contributed by atoms with Crippen LogP contribution in [0.1, 0.15) is 31.7 Å². The monoisotopic (exact) mass is 276 g/mol. The number of hydrogen-bond acceptors (Lipinski definition) is 3. The van der Waals surface area contributed by atoms with Gasteiger partial charge < -0.3 is 15.7 Å². The molecule has 2 unspecified atom stereocenters. The standard InChI is InChI=1S/C16H24N2O2/c1-16(17,14-7-3-2-4-8-14)15(20)18-10-5-6-13(12-18)9-11-19/h2-4,7-8,13,19H,5-6,9-12,17H2,1H3. The van der Waals surface area contributed by atoms with Crippen molar-refractivity contribution >= 4 is 5.91 Å². The zero-order chi connectivity index (χ0) is 14.6. The third-order valence-electron chi connectivity index (χ3n) is 4.16. The number of rotatable bonds is 4. The number of nitrogens with zero attached hydrogens (tertiary/aromatic N) is 1. The number of amides is 1. The molecule has 110 valence electrons. The molecule has 1 aromatic carbocycles. The maximum Gasteiger partial charge on any atom is 0.246 e. The number of aliphatic hydroxyl groups is 1. The number of carbonyl (C=O) groups excluding carboxylic acids is 1. The molecule has 4 nitrogen and oxygen atoms in total. The lowest BCUT2D eigenvalue weighted by molar-refractivity contribution is -0.138. The molecule has 1 aromatic rings. The number of benzene rings is 1. The van der Waals surface area contributed by atoms with Crippen LogP contribution in [-0.2, 0) is 10.3 Å². The van der Waals surface area contributed by atoms with E-state index in [-0.39, 0.29) is 12.5 Å². The minimum Gasteiger partial charge on any atom is -0.396 e. The van der Waals surface area contributed by atoms with Crippen molar-refractivity contribution in [2.75, 3.05) is 19.7 Å². The molecule has 0 aliphatic carbocycles. The normalized spacial score (nSPS) is 22.4. The van der Waals surface area contributed by atoms with Gasteiger partial charge in [-0.15, -0.1) is 0 Å². The largest absolute Gasteiger partial charge is 0.396 e. The van der Waals surface area contributed by atoms with Crippen molar-refractivity contribution in [2.24, 2.45) is 11.7 Å². The van der Waals surface area contributed by atoms with Crippen molar-refractivity contribution in [3.05, 3.63) is 35.9 Å². The Morgan fingerprint density at radius 1 is 1.45 bits per heavy atom. The summed E-state index contributed by atoms with van der Waals surface area (Å²) in [6, 6.07) is 9.51. The highest BCUT2D eigenvalue weighted by Gasteiger charge is 2.36. The van der Waals surface area contributed by atoms with Crippen LogP contribution in [0.3, 0.4) is 0 Å². The van der Waals surface area contributed by atoms with Crippen LogP contribution in [0.2, 0.25) is 0 Å². The van der Waals surface area contributed by atoms with Gasteiger partial charge in [-0.2, -0.15) is 0 Å². The summed E-state index contributed by atoms with van der Waals surface area (Å²) in [5.74, 6) is 0.371. The van der Waals surface area contributed by atoms with Gasteiger partial charge in [0.1, 0.15) is 5.54 Å². The first kappa shape index (κ1) is 15.0. The number of nitrogens with two attached hydrogens (primary N) is 1. The molecule has 4 heteroatoms. The minimum absolute atomic E-state index is 0.0219. The molecule has 1 fully saturated rings. The third kappa shape index (κ3) is 3.19. The fraction of sp³-hybridized carbons (Fsp3) is 0.562. The van der Waals surface area contributed by atoms with E-state index in [0.717, 1.165) is 31.4 Å². The van der Waals surface area contributed by atoms with Gasteiger partial charge in [-0.25, -0.2) is 0 Å². The molecule has 1 amide bonds. The molecule has 1 saturated heterocycles. The zero-order valence-electron chi connectivity index (χ0n) is 12.1. The van der Waals surface area contributed by atoms with Crippen LogP contribution in [0.4, 0.5) is 0 Å². The van der Waals surface area contributed by atoms with Crippen molar-refractivity contribution in [1.29, 1.82) is 0 Å². The van der Waals surface area contributed by atoms with Crippen LogP contribution in [0.15, 0.2) is 30.3 Å². The van der Waals surface area contributed by atoms with E-state index in [4.69, 9.17) is 10.8 Å². The number of hydrogen-bond donors (Lipinski definition) is 2. The Morgan fingerprint density at radius 3 is 2.80 bits per heavy atom.